The number of hydrogen-bond acceptors (Lipinski definition) is 2. The molecule has 2 heteroatoms. The van der Waals surface area contributed by atoms with Crippen molar-refractivity contribution in [2.24, 2.45) is 5.92 Å². The topological polar surface area (TPSA) is 21.3 Å². The van der Waals surface area contributed by atoms with Crippen molar-refractivity contribution in [3.63, 3.8) is 0 Å². The molecular formula is C15H21NO. The molecule has 0 spiro atoms. The molecule has 0 amide bonds. The number of rotatable bonds is 3. The van der Waals surface area contributed by atoms with Crippen LogP contribution >= 0.6 is 0 Å². The quantitative estimate of drug-likeness (QED) is 0.863. The van der Waals surface area contributed by atoms with Crippen LogP contribution in [0, 0.1) is 5.92 Å². The van der Waals surface area contributed by atoms with Gasteiger partial charge in [-0.15, -0.1) is 0 Å². The number of benzene rings is 1. The molecule has 1 N–H and O–H groups in total. The highest BCUT2D eigenvalue weighted by Crippen LogP contribution is 2.45. The van der Waals surface area contributed by atoms with Crippen molar-refractivity contribution in [1.29, 1.82) is 0 Å². The molecule has 0 bridgehead atoms. The van der Waals surface area contributed by atoms with E-state index in [2.05, 4.69) is 30.4 Å². The first-order valence-corrected chi connectivity index (χ1v) is 6.74. The zero-order chi connectivity index (χ0) is 11.8. The summed E-state index contributed by atoms with van der Waals surface area (Å²) in [4.78, 5) is 0. The number of ether oxygens (including phenoxy) is 1. The Kier molecular flexibility index (Phi) is 2.83. The van der Waals surface area contributed by atoms with Crippen molar-refractivity contribution in [3.05, 3.63) is 29.3 Å². The Bertz CT molecular complexity index is 411. The van der Waals surface area contributed by atoms with Gasteiger partial charge in [-0.2, -0.15) is 0 Å². The summed E-state index contributed by atoms with van der Waals surface area (Å²) in [5.74, 6) is 1.85. The largest absolute Gasteiger partial charge is 0.497 e. The van der Waals surface area contributed by atoms with Crippen molar-refractivity contribution >= 4 is 0 Å². The molecule has 17 heavy (non-hydrogen) atoms. The molecule has 0 aromatic heterocycles. The second-order valence-electron chi connectivity index (χ2n) is 5.36. The molecule has 1 saturated carbocycles. The highest BCUT2D eigenvalue weighted by atomic mass is 16.5. The van der Waals surface area contributed by atoms with E-state index in [1.807, 2.05) is 0 Å². The third-order valence-corrected chi connectivity index (χ3v) is 4.16. The van der Waals surface area contributed by atoms with Gasteiger partial charge in [0, 0.05) is 12.1 Å². The van der Waals surface area contributed by atoms with Crippen LogP contribution in [-0.2, 0) is 6.42 Å². The fraction of sp³-hybridized carbons (Fsp3) is 0.600. The normalized spacial score (nSPS) is 27.6. The molecule has 2 atom stereocenters. The average Bonchev–Trinajstić information content (AvgIpc) is 3.21. The maximum atomic E-state index is 5.35. The third kappa shape index (κ3) is 2.06. The molecule has 0 saturated heterocycles. The summed E-state index contributed by atoms with van der Waals surface area (Å²) < 4.78 is 5.35. The first-order chi connectivity index (χ1) is 8.31. The van der Waals surface area contributed by atoms with E-state index in [0.29, 0.717) is 12.1 Å². The minimum atomic E-state index is 0.568. The van der Waals surface area contributed by atoms with Crippen LogP contribution in [0.2, 0.25) is 0 Å². The van der Waals surface area contributed by atoms with Gasteiger partial charge in [0.15, 0.2) is 0 Å². The molecule has 92 valence electrons. The molecule has 3 rings (SSSR count). The van der Waals surface area contributed by atoms with Gasteiger partial charge in [0.05, 0.1) is 7.11 Å². The first kappa shape index (κ1) is 11.1. The molecule has 2 nitrogen and oxygen atoms in total. The lowest BCUT2D eigenvalue weighted by Crippen LogP contribution is -2.39. The summed E-state index contributed by atoms with van der Waals surface area (Å²) in [6.07, 6.45) is 5.14. The lowest BCUT2D eigenvalue weighted by Gasteiger charge is -2.33. The first-order valence-electron chi connectivity index (χ1n) is 6.74. The van der Waals surface area contributed by atoms with E-state index in [1.54, 1.807) is 7.11 Å². The van der Waals surface area contributed by atoms with E-state index >= 15 is 0 Å². The molecule has 1 heterocycles. The molecule has 1 aromatic rings. The van der Waals surface area contributed by atoms with Crippen LogP contribution in [-0.4, -0.2) is 13.2 Å². The number of fused-ring (bicyclic) bond motifs is 1. The van der Waals surface area contributed by atoms with E-state index < -0.39 is 0 Å². The maximum Gasteiger partial charge on any atom is 0.119 e. The van der Waals surface area contributed by atoms with Gasteiger partial charge in [-0.3, -0.25) is 0 Å². The van der Waals surface area contributed by atoms with Gasteiger partial charge < -0.3 is 10.1 Å². The van der Waals surface area contributed by atoms with Crippen molar-refractivity contribution < 1.29 is 4.74 Å². The predicted molar refractivity (Wildman–Crippen MR) is 69.4 cm³/mol. The number of methoxy groups -OCH3 is 1. The van der Waals surface area contributed by atoms with Gasteiger partial charge in [-0.1, -0.05) is 13.0 Å². The van der Waals surface area contributed by atoms with Crippen molar-refractivity contribution in [2.75, 3.05) is 7.11 Å². The Morgan fingerprint density at radius 2 is 2.18 bits per heavy atom. The Labute approximate surface area is 103 Å². The minimum absolute atomic E-state index is 0.568. The molecular weight excluding hydrogens is 210 g/mol. The zero-order valence-electron chi connectivity index (χ0n) is 10.7. The molecule has 1 aromatic carbocycles. The summed E-state index contributed by atoms with van der Waals surface area (Å²) in [7, 11) is 1.75. The average molecular weight is 231 g/mol. The number of hydrogen-bond donors (Lipinski definition) is 1. The molecule has 0 radical (unpaired) electrons. The molecule has 2 unspecified atom stereocenters. The Hall–Kier alpha value is -1.02. The maximum absolute atomic E-state index is 5.35. The monoisotopic (exact) mass is 231 g/mol. The van der Waals surface area contributed by atoms with Gasteiger partial charge in [0.25, 0.3) is 0 Å². The molecule has 1 fully saturated rings. The van der Waals surface area contributed by atoms with Crippen LogP contribution in [0.15, 0.2) is 18.2 Å². The van der Waals surface area contributed by atoms with Gasteiger partial charge in [0.2, 0.25) is 0 Å². The third-order valence-electron chi connectivity index (χ3n) is 4.16. The van der Waals surface area contributed by atoms with E-state index in [4.69, 9.17) is 4.74 Å². The van der Waals surface area contributed by atoms with Crippen molar-refractivity contribution in [2.45, 2.75) is 44.7 Å². The summed E-state index contributed by atoms with van der Waals surface area (Å²) in [6, 6.07) is 7.81. The summed E-state index contributed by atoms with van der Waals surface area (Å²) in [6.45, 7) is 2.27. The summed E-state index contributed by atoms with van der Waals surface area (Å²) in [5.41, 5.74) is 3.00. The fourth-order valence-corrected chi connectivity index (χ4v) is 2.93. The van der Waals surface area contributed by atoms with E-state index in [0.717, 1.165) is 11.7 Å². The standard InChI is InChI=1S/C15H21NO/c1-3-12-8-11-6-7-13(17-2)9-14(11)15(16-12)10-4-5-10/h6-7,9-10,12,15-16H,3-5,8H2,1-2H3. The SMILES string of the molecule is CCC1Cc2ccc(OC)cc2C(C2CC2)N1. The lowest BCUT2D eigenvalue weighted by molar-refractivity contribution is 0.361. The smallest absolute Gasteiger partial charge is 0.119 e. The summed E-state index contributed by atoms with van der Waals surface area (Å²) >= 11 is 0. The Morgan fingerprint density at radius 1 is 1.35 bits per heavy atom. The van der Waals surface area contributed by atoms with Gasteiger partial charge >= 0.3 is 0 Å². The van der Waals surface area contributed by atoms with Gasteiger partial charge in [-0.05, 0) is 54.9 Å². The van der Waals surface area contributed by atoms with E-state index in [1.165, 1.54) is 36.8 Å². The number of nitrogens with one attached hydrogen (secondary N) is 1. The van der Waals surface area contributed by atoms with Crippen LogP contribution < -0.4 is 10.1 Å². The Balaban J connectivity index is 1.96. The van der Waals surface area contributed by atoms with Gasteiger partial charge in [0.1, 0.15) is 5.75 Å². The lowest BCUT2D eigenvalue weighted by atomic mass is 9.87. The predicted octanol–water partition coefficient (Wildman–Crippen LogP) is 3.07. The van der Waals surface area contributed by atoms with Crippen LogP contribution in [0.5, 0.6) is 5.75 Å². The van der Waals surface area contributed by atoms with Crippen LogP contribution in [0.25, 0.3) is 0 Å². The fourth-order valence-electron chi connectivity index (χ4n) is 2.93. The van der Waals surface area contributed by atoms with Crippen LogP contribution in [0.3, 0.4) is 0 Å². The minimum Gasteiger partial charge on any atom is -0.497 e. The van der Waals surface area contributed by atoms with Crippen molar-refractivity contribution in [3.8, 4) is 5.75 Å². The summed E-state index contributed by atoms with van der Waals surface area (Å²) in [5, 5.41) is 3.82. The van der Waals surface area contributed by atoms with Crippen LogP contribution in [0.4, 0.5) is 0 Å². The Morgan fingerprint density at radius 3 is 2.82 bits per heavy atom. The van der Waals surface area contributed by atoms with Gasteiger partial charge in [-0.25, -0.2) is 0 Å². The van der Waals surface area contributed by atoms with Crippen LogP contribution in [0.1, 0.15) is 43.4 Å². The second-order valence-corrected chi connectivity index (χ2v) is 5.36. The second kappa shape index (κ2) is 4.34. The molecule has 1 aliphatic heterocycles. The highest BCUT2D eigenvalue weighted by molar-refractivity contribution is 5.40. The van der Waals surface area contributed by atoms with Crippen molar-refractivity contribution in [1.82, 2.24) is 5.32 Å². The highest BCUT2D eigenvalue weighted by Gasteiger charge is 2.37. The van der Waals surface area contributed by atoms with E-state index in [9.17, 15) is 0 Å². The molecule has 2 aliphatic rings. The zero-order valence-corrected chi connectivity index (χ0v) is 10.7. The molecule has 1 aliphatic carbocycles. The van der Waals surface area contributed by atoms with E-state index in [-0.39, 0.29) is 0 Å².